The SMILES string of the molecule is C=C(/C=C/N(C(C)=O)c1ccccc1)C(C)(Cc1ccccc1)c1c(N(C)C)ccc2ccccc12. The first kappa shape index (κ1) is 25.0. The van der Waals surface area contributed by atoms with E-state index < -0.39 is 5.41 Å². The Morgan fingerprint density at radius 2 is 1.47 bits per heavy atom. The molecule has 0 spiro atoms. The third-order valence-corrected chi connectivity index (χ3v) is 6.85. The number of nitrogens with zero attached hydrogens (tertiary/aromatic N) is 2. The number of para-hydroxylation sites is 1. The average Bonchev–Trinajstić information content (AvgIpc) is 2.88. The van der Waals surface area contributed by atoms with Crippen LogP contribution in [0.2, 0.25) is 0 Å². The van der Waals surface area contributed by atoms with Crippen LogP contribution in [0.4, 0.5) is 11.4 Å². The Morgan fingerprint density at radius 3 is 2.11 bits per heavy atom. The summed E-state index contributed by atoms with van der Waals surface area (Å²) in [4.78, 5) is 16.4. The molecule has 0 radical (unpaired) electrons. The number of fused-ring (bicyclic) bond motifs is 1. The first-order chi connectivity index (χ1) is 17.3. The van der Waals surface area contributed by atoms with Crippen LogP contribution in [0, 0.1) is 0 Å². The lowest BCUT2D eigenvalue weighted by atomic mass is 9.69. The highest BCUT2D eigenvalue weighted by atomic mass is 16.2. The van der Waals surface area contributed by atoms with Crippen LogP contribution in [0.3, 0.4) is 0 Å². The zero-order valence-corrected chi connectivity index (χ0v) is 21.6. The lowest BCUT2D eigenvalue weighted by molar-refractivity contribution is -0.116. The topological polar surface area (TPSA) is 23.6 Å². The molecule has 0 aliphatic carbocycles. The van der Waals surface area contributed by atoms with Gasteiger partial charge in [0.2, 0.25) is 5.91 Å². The van der Waals surface area contributed by atoms with Gasteiger partial charge in [0.05, 0.1) is 0 Å². The predicted octanol–water partition coefficient (Wildman–Crippen LogP) is 7.53. The fourth-order valence-corrected chi connectivity index (χ4v) is 4.89. The van der Waals surface area contributed by atoms with Crippen molar-refractivity contribution >= 4 is 28.1 Å². The summed E-state index contributed by atoms with van der Waals surface area (Å²) in [6, 6.07) is 33.2. The number of rotatable bonds is 8. The Bertz CT molecular complexity index is 1390. The van der Waals surface area contributed by atoms with Gasteiger partial charge in [-0.05, 0) is 58.2 Å². The average molecular weight is 475 g/mol. The number of carbonyl (C=O) groups excluding carboxylic acids is 1. The Balaban J connectivity index is 1.88. The second-order valence-electron chi connectivity index (χ2n) is 9.64. The summed E-state index contributed by atoms with van der Waals surface area (Å²) in [5.74, 6) is -0.0471. The monoisotopic (exact) mass is 474 g/mol. The molecule has 4 aromatic rings. The lowest BCUT2D eigenvalue weighted by Gasteiger charge is -2.36. The van der Waals surface area contributed by atoms with Gasteiger partial charge in [-0.25, -0.2) is 0 Å². The molecule has 3 nitrogen and oxygen atoms in total. The first-order valence-electron chi connectivity index (χ1n) is 12.3. The molecule has 4 rings (SSSR count). The van der Waals surface area contributed by atoms with Crippen molar-refractivity contribution in [1.29, 1.82) is 0 Å². The molecule has 0 saturated carbocycles. The summed E-state index contributed by atoms with van der Waals surface area (Å²) in [6.45, 7) is 8.44. The summed E-state index contributed by atoms with van der Waals surface area (Å²) >= 11 is 0. The number of benzene rings is 4. The number of hydrogen-bond donors (Lipinski definition) is 0. The molecule has 1 unspecified atom stereocenters. The van der Waals surface area contributed by atoms with Gasteiger partial charge in [-0.2, -0.15) is 0 Å². The largest absolute Gasteiger partial charge is 0.377 e. The fraction of sp³-hybridized carbons (Fsp3) is 0.182. The van der Waals surface area contributed by atoms with Gasteiger partial charge < -0.3 is 4.90 Å². The Labute approximate surface area is 215 Å². The Hall–Kier alpha value is -4.11. The van der Waals surface area contributed by atoms with Gasteiger partial charge in [0.15, 0.2) is 0 Å². The van der Waals surface area contributed by atoms with Gasteiger partial charge in [0, 0.05) is 44.0 Å². The van der Waals surface area contributed by atoms with Crippen LogP contribution in [0.5, 0.6) is 0 Å². The van der Waals surface area contributed by atoms with E-state index in [-0.39, 0.29) is 5.91 Å². The van der Waals surface area contributed by atoms with Crippen LogP contribution >= 0.6 is 0 Å². The smallest absolute Gasteiger partial charge is 0.227 e. The van der Waals surface area contributed by atoms with E-state index in [0.717, 1.165) is 23.4 Å². The molecule has 0 aliphatic heterocycles. The number of anilines is 2. The quantitative estimate of drug-likeness (QED) is 0.246. The standard InChI is InChI=1S/C33H34N2O/c1-25(22-23-35(26(2)36)29-17-10-7-11-18-29)33(3,24-27-14-8-6-9-15-27)32-30-19-13-12-16-28(30)20-21-31(32)34(4)5/h6-23H,1,24H2,2-5H3/b23-22+. The van der Waals surface area contributed by atoms with Crippen molar-refractivity contribution in [2.45, 2.75) is 25.7 Å². The fourth-order valence-electron chi connectivity index (χ4n) is 4.89. The van der Waals surface area contributed by atoms with E-state index in [1.807, 2.05) is 48.7 Å². The molecule has 1 atom stereocenters. The molecule has 0 aliphatic rings. The maximum absolute atomic E-state index is 12.5. The number of amides is 1. The highest BCUT2D eigenvalue weighted by molar-refractivity contribution is 5.94. The van der Waals surface area contributed by atoms with Gasteiger partial charge in [-0.1, -0.05) is 92.4 Å². The van der Waals surface area contributed by atoms with Crippen molar-refractivity contribution < 1.29 is 4.79 Å². The van der Waals surface area contributed by atoms with Crippen LogP contribution in [0.1, 0.15) is 25.0 Å². The molecular weight excluding hydrogens is 440 g/mol. The molecule has 0 fully saturated rings. The molecule has 1 amide bonds. The highest BCUT2D eigenvalue weighted by Gasteiger charge is 2.34. The van der Waals surface area contributed by atoms with Crippen LogP contribution in [-0.4, -0.2) is 20.0 Å². The molecular formula is C33H34N2O. The summed E-state index contributed by atoms with van der Waals surface area (Å²) in [6.07, 6.45) is 4.62. The maximum atomic E-state index is 12.5. The van der Waals surface area contributed by atoms with E-state index in [1.165, 1.54) is 21.9 Å². The van der Waals surface area contributed by atoms with Crippen molar-refractivity contribution in [1.82, 2.24) is 0 Å². The summed E-state index contributed by atoms with van der Waals surface area (Å²) in [5, 5.41) is 2.41. The molecule has 36 heavy (non-hydrogen) atoms. The molecule has 0 bridgehead atoms. The summed E-state index contributed by atoms with van der Waals surface area (Å²) < 4.78 is 0. The van der Waals surface area contributed by atoms with E-state index in [1.54, 1.807) is 11.8 Å². The van der Waals surface area contributed by atoms with Crippen molar-refractivity contribution in [3.63, 3.8) is 0 Å². The predicted molar refractivity (Wildman–Crippen MR) is 154 cm³/mol. The molecule has 0 N–H and O–H groups in total. The molecule has 0 heterocycles. The molecule has 0 saturated heterocycles. The zero-order valence-electron chi connectivity index (χ0n) is 21.6. The van der Waals surface area contributed by atoms with Crippen molar-refractivity contribution in [2.24, 2.45) is 0 Å². The highest BCUT2D eigenvalue weighted by Crippen LogP contribution is 2.44. The van der Waals surface area contributed by atoms with Crippen LogP contribution < -0.4 is 9.80 Å². The number of carbonyl (C=O) groups is 1. The van der Waals surface area contributed by atoms with Crippen LogP contribution in [0.15, 0.2) is 121 Å². The Kier molecular flexibility index (Phi) is 7.40. The van der Waals surface area contributed by atoms with Crippen molar-refractivity contribution in [3.05, 3.63) is 133 Å². The second kappa shape index (κ2) is 10.7. The van der Waals surface area contributed by atoms with Gasteiger partial charge in [-0.3, -0.25) is 9.69 Å². The third-order valence-electron chi connectivity index (χ3n) is 6.85. The first-order valence-corrected chi connectivity index (χ1v) is 12.3. The summed E-state index contributed by atoms with van der Waals surface area (Å²) in [7, 11) is 4.17. The molecule has 182 valence electrons. The Morgan fingerprint density at radius 1 is 0.861 bits per heavy atom. The third kappa shape index (κ3) is 5.11. The lowest BCUT2D eigenvalue weighted by Crippen LogP contribution is -2.30. The molecule has 0 aromatic heterocycles. The van der Waals surface area contributed by atoms with E-state index in [4.69, 9.17) is 0 Å². The zero-order chi connectivity index (χ0) is 25.7. The minimum absolute atomic E-state index is 0.0471. The maximum Gasteiger partial charge on any atom is 0.227 e. The van der Waals surface area contributed by atoms with Crippen LogP contribution in [0.25, 0.3) is 10.8 Å². The normalized spacial score (nSPS) is 12.9. The van der Waals surface area contributed by atoms with E-state index in [9.17, 15) is 4.79 Å². The van der Waals surface area contributed by atoms with Gasteiger partial charge in [0.25, 0.3) is 0 Å². The van der Waals surface area contributed by atoms with Crippen molar-refractivity contribution in [3.8, 4) is 0 Å². The second-order valence-corrected chi connectivity index (χ2v) is 9.64. The number of allylic oxidation sites excluding steroid dienone is 2. The molecule has 4 aromatic carbocycles. The van der Waals surface area contributed by atoms with E-state index in [2.05, 4.69) is 93.2 Å². The van der Waals surface area contributed by atoms with E-state index >= 15 is 0 Å². The van der Waals surface area contributed by atoms with E-state index in [0.29, 0.717) is 0 Å². The minimum Gasteiger partial charge on any atom is -0.377 e. The van der Waals surface area contributed by atoms with Crippen LogP contribution in [-0.2, 0) is 16.6 Å². The molecule has 3 heteroatoms. The van der Waals surface area contributed by atoms with Gasteiger partial charge >= 0.3 is 0 Å². The van der Waals surface area contributed by atoms with Crippen molar-refractivity contribution in [2.75, 3.05) is 23.9 Å². The number of hydrogen-bond acceptors (Lipinski definition) is 2. The summed E-state index contributed by atoms with van der Waals surface area (Å²) in [5.41, 5.74) is 4.97. The van der Waals surface area contributed by atoms with Gasteiger partial charge in [0.1, 0.15) is 0 Å². The van der Waals surface area contributed by atoms with Gasteiger partial charge in [-0.15, -0.1) is 0 Å². The minimum atomic E-state index is -0.433.